The third-order valence-electron chi connectivity index (χ3n) is 3.28. The monoisotopic (exact) mass is 284 g/mol. The molecule has 19 heavy (non-hydrogen) atoms. The van der Waals surface area contributed by atoms with Crippen molar-refractivity contribution in [2.45, 2.75) is 13.3 Å². The number of halogens is 2. The van der Waals surface area contributed by atoms with Crippen molar-refractivity contribution >= 4 is 23.2 Å². The maximum atomic E-state index is 13.0. The van der Waals surface area contributed by atoms with Crippen LogP contribution in [0.1, 0.15) is 23.7 Å². The van der Waals surface area contributed by atoms with E-state index in [2.05, 4.69) is 5.16 Å². The van der Waals surface area contributed by atoms with Crippen LogP contribution in [0, 0.1) is 11.7 Å². The van der Waals surface area contributed by atoms with Gasteiger partial charge >= 0.3 is 0 Å². The SMILES string of the molecule is CC1CN(C(=O)c2ccc(F)cc2Cl)CC/C1=N\O. The molecule has 6 heteroatoms. The summed E-state index contributed by atoms with van der Waals surface area (Å²) in [4.78, 5) is 13.9. The molecule has 102 valence electrons. The van der Waals surface area contributed by atoms with Gasteiger partial charge in [-0.05, 0) is 18.2 Å². The van der Waals surface area contributed by atoms with Crippen LogP contribution in [-0.4, -0.2) is 34.8 Å². The Labute approximate surface area is 115 Å². The normalized spacial score (nSPS) is 21.7. The van der Waals surface area contributed by atoms with E-state index >= 15 is 0 Å². The van der Waals surface area contributed by atoms with E-state index in [0.717, 1.165) is 6.07 Å². The fraction of sp³-hybridized carbons (Fsp3) is 0.385. The summed E-state index contributed by atoms with van der Waals surface area (Å²) in [5.41, 5.74) is 0.980. The van der Waals surface area contributed by atoms with Gasteiger partial charge in [0.25, 0.3) is 5.91 Å². The summed E-state index contributed by atoms with van der Waals surface area (Å²) in [6, 6.07) is 3.73. The molecule has 1 unspecified atom stereocenters. The van der Waals surface area contributed by atoms with Crippen molar-refractivity contribution in [2.75, 3.05) is 13.1 Å². The second-order valence-corrected chi connectivity index (χ2v) is 5.02. The van der Waals surface area contributed by atoms with Crippen molar-refractivity contribution in [1.82, 2.24) is 4.90 Å². The first kappa shape index (κ1) is 13.8. The molecule has 1 aliphatic heterocycles. The molecule has 0 radical (unpaired) electrons. The van der Waals surface area contributed by atoms with Crippen molar-refractivity contribution in [1.29, 1.82) is 0 Å². The predicted octanol–water partition coefficient (Wildman–Crippen LogP) is 2.79. The van der Waals surface area contributed by atoms with Crippen molar-refractivity contribution in [3.63, 3.8) is 0 Å². The first-order chi connectivity index (χ1) is 9.02. The zero-order valence-corrected chi connectivity index (χ0v) is 11.2. The Kier molecular flexibility index (Phi) is 4.04. The lowest BCUT2D eigenvalue weighted by atomic mass is 9.97. The van der Waals surface area contributed by atoms with Gasteiger partial charge in [-0.15, -0.1) is 0 Å². The Morgan fingerprint density at radius 3 is 2.89 bits per heavy atom. The Bertz CT molecular complexity index is 533. The molecule has 1 atom stereocenters. The number of carbonyl (C=O) groups is 1. The van der Waals surface area contributed by atoms with Crippen LogP contribution in [0.3, 0.4) is 0 Å². The quantitative estimate of drug-likeness (QED) is 0.637. The Hall–Kier alpha value is -1.62. The van der Waals surface area contributed by atoms with Crippen LogP contribution in [0.15, 0.2) is 23.4 Å². The minimum absolute atomic E-state index is 0.00178. The number of hydrogen-bond donors (Lipinski definition) is 1. The molecule has 0 aliphatic carbocycles. The smallest absolute Gasteiger partial charge is 0.255 e. The van der Waals surface area contributed by atoms with Crippen LogP contribution >= 0.6 is 11.6 Å². The fourth-order valence-corrected chi connectivity index (χ4v) is 2.44. The fourth-order valence-electron chi connectivity index (χ4n) is 2.19. The first-order valence-electron chi connectivity index (χ1n) is 5.98. The summed E-state index contributed by atoms with van der Waals surface area (Å²) >= 11 is 5.88. The Balaban J connectivity index is 2.17. The molecule has 1 saturated heterocycles. The van der Waals surface area contributed by atoms with Crippen molar-refractivity contribution in [2.24, 2.45) is 11.1 Å². The highest BCUT2D eigenvalue weighted by atomic mass is 35.5. The van der Waals surface area contributed by atoms with E-state index < -0.39 is 5.82 Å². The molecule has 1 N–H and O–H groups in total. The molecular weight excluding hydrogens is 271 g/mol. The van der Waals surface area contributed by atoms with Crippen molar-refractivity contribution < 1.29 is 14.4 Å². The van der Waals surface area contributed by atoms with E-state index in [9.17, 15) is 9.18 Å². The van der Waals surface area contributed by atoms with E-state index in [1.54, 1.807) is 4.90 Å². The number of carbonyl (C=O) groups excluding carboxylic acids is 1. The Morgan fingerprint density at radius 1 is 1.58 bits per heavy atom. The number of nitrogens with zero attached hydrogens (tertiary/aromatic N) is 2. The molecular formula is C13H14ClFN2O2. The van der Waals surface area contributed by atoms with Gasteiger partial charge in [0.1, 0.15) is 5.82 Å². The third kappa shape index (κ3) is 2.87. The maximum Gasteiger partial charge on any atom is 0.255 e. The highest BCUT2D eigenvalue weighted by Gasteiger charge is 2.27. The zero-order chi connectivity index (χ0) is 14.0. The van der Waals surface area contributed by atoms with Crippen LogP contribution in [-0.2, 0) is 0 Å². The largest absolute Gasteiger partial charge is 0.411 e. The van der Waals surface area contributed by atoms with Crippen LogP contribution in [0.4, 0.5) is 4.39 Å². The highest BCUT2D eigenvalue weighted by Crippen LogP contribution is 2.22. The van der Waals surface area contributed by atoms with Crippen molar-refractivity contribution in [3.05, 3.63) is 34.6 Å². The number of oxime groups is 1. The summed E-state index contributed by atoms with van der Waals surface area (Å²) in [6.45, 7) is 2.82. The van der Waals surface area contributed by atoms with Gasteiger partial charge in [0.05, 0.1) is 16.3 Å². The van der Waals surface area contributed by atoms with Gasteiger partial charge in [-0.3, -0.25) is 4.79 Å². The lowest BCUT2D eigenvalue weighted by molar-refractivity contribution is 0.0734. The third-order valence-corrected chi connectivity index (χ3v) is 3.59. The van der Waals surface area contributed by atoms with Crippen LogP contribution in [0.25, 0.3) is 0 Å². The standard InChI is InChI=1S/C13H14ClFN2O2/c1-8-7-17(5-4-12(8)16-19)13(18)10-3-2-9(15)6-11(10)14/h2-3,6,8,19H,4-5,7H2,1H3/b16-12+. The van der Waals surface area contributed by atoms with Gasteiger partial charge in [-0.2, -0.15) is 0 Å². The van der Waals surface area contributed by atoms with Crippen LogP contribution < -0.4 is 0 Å². The summed E-state index contributed by atoms with van der Waals surface area (Å²) in [5, 5.41) is 12.1. The predicted molar refractivity (Wildman–Crippen MR) is 70.3 cm³/mol. The van der Waals surface area contributed by atoms with E-state index in [4.69, 9.17) is 16.8 Å². The molecule has 1 aliphatic rings. The lowest BCUT2D eigenvalue weighted by Gasteiger charge is -2.31. The van der Waals surface area contributed by atoms with Gasteiger partial charge in [-0.1, -0.05) is 23.7 Å². The van der Waals surface area contributed by atoms with E-state index in [1.807, 2.05) is 6.92 Å². The molecule has 0 bridgehead atoms. The average molecular weight is 285 g/mol. The summed E-state index contributed by atoms with van der Waals surface area (Å²) in [5.74, 6) is -0.695. The molecule has 0 spiro atoms. The minimum atomic E-state index is -0.469. The lowest BCUT2D eigenvalue weighted by Crippen LogP contribution is -2.43. The molecule has 1 aromatic carbocycles. The number of benzene rings is 1. The number of piperidine rings is 1. The van der Waals surface area contributed by atoms with Crippen LogP contribution in [0.5, 0.6) is 0 Å². The van der Waals surface area contributed by atoms with Gasteiger partial charge in [0.15, 0.2) is 0 Å². The van der Waals surface area contributed by atoms with E-state index in [0.29, 0.717) is 30.8 Å². The second kappa shape index (κ2) is 5.57. The number of hydrogen-bond acceptors (Lipinski definition) is 3. The van der Waals surface area contributed by atoms with E-state index in [1.165, 1.54) is 12.1 Å². The zero-order valence-electron chi connectivity index (χ0n) is 10.4. The molecule has 0 saturated carbocycles. The number of amides is 1. The second-order valence-electron chi connectivity index (χ2n) is 4.62. The van der Waals surface area contributed by atoms with Gasteiger partial charge < -0.3 is 10.1 Å². The topological polar surface area (TPSA) is 52.9 Å². The van der Waals surface area contributed by atoms with Crippen molar-refractivity contribution in [3.8, 4) is 0 Å². The van der Waals surface area contributed by atoms with E-state index in [-0.39, 0.29) is 16.8 Å². The number of rotatable bonds is 1. The first-order valence-corrected chi connectivity index (χ1v) is 6.36. The van der Waals surface area contributed by atoms with Gasteiger partial charge in [0, 0.05) is 25.4 Å². The van der Waals surface area contributed by atoms with Gasteiger partial charge in [0.2, 0.25) is 0 Å². The molecule has 1 heterocycles. The molecule has 1 fully saturated rings. The molecule has 1 aromatic rings. The Morgan fingerprint density at radius 2 is 2.32 bits per heavy atom. The van der Waals surface area contributed by atoms with Crippen LogP contribution in [0.2, 0.25) is 5.02 Å². The molecule has 4 nitrogen and oxygen atoms in total. The highest BCUT2D eigenvalue weighted by molar-refractivity contribution is 6.33. The summed E-state index contributed by atoms with van der Waals surface area (Å²) in [6.07, 6.45) is 0.530. The summed E-state index contributed by atoms with van der Waals surface area (Å²) < 4.78 is 13.0. The molecule has 2 rings (SSSR count). The number of likely N-dealkylation sites (tertiary alicyclic amines) is 1. The van der Waals surface area contributed by atoms with Gasteiger partial charge in [-0.25, -0.2) is 4.39 Å². The molecule has 0 aromatic heterocycles. The summed E-state index contributed by atoms with van der Waals surface area (Å²) in [7, 11) is 0. The minimum Gasteiger partial charge on any atom is -0.411 e. The maximum absolute atomic E-state index is 13.0. The molecule has 1 amide bonds. The average Bonchev–Trinajstić information content (AvgIpc) is 2.38.